The lowest BCUT2D eigenvalue weighted by molar-refractivity contribution is 0.129. The quantitative estimate of drug-likeness (QED) is 0.867. The van der Waals surface area contributed by atoms with Gasteiger partial charge in [-0.1, -0.05) is 30.3 Å². The van der Waals surface area contributed by atoms with Crippen LogP contribution in [0.5, 0.6) is 0 Å². The molecule has 0 amide bonds. The van der Waals surface area contributed by atoms with Gasteiger partial charge in [-0.2, -0.15) is 17.0 Å². The minimum absolute atomic E-state index is 0.369. The first-order valence-electron chi connectivity index (χ1n) is 6.66. The van der Waals surface area contributed by atoms with Crippen LogP contribution in [0, 0.1) is 11.3 Å². The van der Waals surface area contributed by atoms with Gasteiger partial charge in [0, 0.05) is 18.1 Å². The van der Waals surface area contributed by atoms with E-state index in [1.54, 1.807) is 11.8 Å². The lowest BCUT2D eigenvalue weighted by Gasteiger charge is -2.26. The average molecular weight is 276 g/mol. The van der Waals surface area contributed by atoms with Crippen LogP contribution in [-0.4, -0.2) is 31.3 Å². The van der Waals surface area contributed by atoms with Gasteiger partial charge in [0.2, 0.25) is 0 Å². The first-order valence-corrected chi connectivity index (χ1v) is 7.81. The Bertz CT molecular complexity index is 426. The van der Waals surface area contributed by atoms with Crippen LogP contribution in [0.3, 0.4) is 0 Å². The lowest BCUT2D eigenvalue weighted by Crippen LogP contribution is -2.41. The number of ether oxygens (including phenoxy) is 1. The Labute approximate surface area is 119 Å². The normalized spacial score (nSPS) is 21.8. The number of hydrogen-bond donors (Lipinski definition) is 1. The average Bonchev–Trinajstić information content (AvgIpc) is 2.98. The maximum Gasteiger partial charge on any atom is 0.141 e. The molecule has 0 bridgehead atoms. The van der Waals surface area contributed by atoms with Gasteiger partial charge in [0.15, 0.2) is 0 Å². The van der Waals surface area contributed by atoms with Crippen molar-refractivity contribution in [2.45, 2.75) is 24.5 Å². The van der Waals surface area contributed by atoms with Crippen molar-refractivity contribution in [1.82, 2.24) is 5.32 Å². The van der Waals surface area contributed by atoms with Gasteiger partial charge in [-0.3, -0.25) is 5.32 Å². The molecule has 1 aliphatic rings. The number of hydrogen-bond acceptors (Lipinski definition) is 4. The Kier molecular flexibility index (Phi) is 5.26. The third kappa shape index (κ3) is 3.50. The van der Waals surface area contributed by atoms with Crippen molar-refractivity contribution in [3.63, 3.8) is 0 Å². The fraction of sp³-hybridized carbons (Fsp3) is 0.533. The van der Waals surface area contributed by atoms with Crippen molar-refractivity contribution in [2.75, 3.05) is 25.2 Å². The number of rotatable bonds is 6. The molecule has 1 fully saturated rings. The monoisotopic (exact) mass is 276 g/mol. The van der Waals surface area contributed by atoms with Crippen molar-refractivity contribution >= 4 is 11.8 Å². The molecule has 2 atom stereocenters. The Hall–Kier alpha value is -1.02. The van der Waals surface area contributed by atoms with E-state index in [1.807, 2.05) is 37.4 Å². The molecule has 2 unspecified atom stereocenters. The van der Waals surface area contributed by atoms with Gasteiger partial charge in [0.25, 0.3) is 0 Å². The standard InChI is InChI=1S/C15H20N2OS/c1-17-15(11-16,13-6-3-2-4-7-13)12-19-10-14-8-5-9-18-14/h2-4,6-7,14,17H,5,8-10,12H2,1H3. The van der Waals surface area contributed by atoms with Crippen molar-refractivity contribution in [3.05, 3.63) is 35.9 Å². The SMILES string of the molecule is CNC(C#N)(CSCC1CCCO1)c1ccccc1. The minimum atomic E-state index is -0.607. The van der Waals surface area contributed by atoms with Crippen LogP contribution >= 0.6 is 11.8 Å². The van der Waals surface area contributed by atoms with Gasteiger partial charge < -0.3 is 4.74 Å². The number of benzene rings is 1. The molecule has 0 radical (unpaired) electrons. The predicted octanol–water partition coefficient (Wildman–Crippen LogP) is 2.54. The van der Waals surface area contributed by atoms with Crippen LogP contribution in [0.15, 0.2) is 30.3 Å². The fourth-order valence-electron chi connectivity index (χ4n) is 2.29. The largest absolute Gasteiger partial charge is 0.377 e. The Morgan fingerprint density at radius 1 is 1.47 bits per heavy atom. The molecule has 0 saturated carbocycles. The summed E-state index contributed by atoms with van der Waals surface area (Å²) in [6.07, 6.45) is 2.69. The van der Waals surface area contributed by atoms with Crippen LogP contribution in [0.1, 0.15) is 18.4 Å². The Balaban J connectivity index is 1.97. The highest BCUT2D eigenvalue weighted by Crippen LogP contribution is 2.26. The van der Waals surface area contributed by atoms with Crippen LogP contribution < -0.4 is 5.32 Å². The third-order valence-corrected chi connectivity index (χ3v) is 4.78. The summed E-state index contributed by atoms with van der Waals surface area (Å²) < 4.78 is 5.62. The molecule has 1 aromatic rings. The highest BCUT2D eigenvalue weighted by atomic mass is 32.2. The molecule has 0 spiro atoms. The summed E-state index contributed by atoms with van der Waals surface area (Å²) in [7, 11) is 1.85. The molecule has 1 heterocycles. The van der Waals surface area contributed by atoms with E-state index in [-0.39, 0.29) is 0 Å². The topological polar surface area (TPSA) is 45.0 Å². The minimum Gasteiger partial charge on any atom is -0.377 e. The van der Waals surface area contributed by atoms with Crippen molar-refractivity contribution in [1.29, 1.82) is 5.26 Å². The summed E-state index contributed by atoms with van der Waals surface area (Å²) in [6, 6.07) is 12.4. The van der Waals surface area contributed by atoms with Crippen molar-refractivity contribution < 1.29 is 4.74 Å². The second kappa shape index (κ2) is 6.95. The van der Waals surface area contributed by atoms with E-state index in [0.717, 1.165) is 30.1 Å². The molecule has 0 aliphatic carbocycles. The van der Waals surface area contributed by atoms with Crippen molar-refractivity contribution in [2.24, 2.45) is 0 Å². The number of thioether (sulfide) groups is 1. The second-order valence-corrected chi connectivity index (χ2v) is 5.81. The Morgan fingerprint density at radius 2 is 2.26 bits per heavy atom. The molecule has 1 aromatic carbocycles. The highest BCUT2D eigenvalue weighted by Gasteiger charge is 2.30. The number of nitrogens with zero attached hydrogens (tertiary/aromatic N) is 1. The molecular weight excluding hydrogens is 256 g/mol. The second-order valence-electron chi connectivity index (χ2n) is 4.78. The summed E-state index contributed by atoms with van der Waals surface area (Å²) in [4.78, 5) is 0. The number of nitrogens with one attached hydrogen (secondary N) is 1. The maximum atomic E-state index is 9.56. The molecular formula is C15H20N2OS. The first-order chi connectivity index (χ1) is 9.30. The molecule has 102 valence electrons. The zero-order valence-corrected chi connectivity index (χ0v) is 12.1. The van der Waals surface area contributed by atoms with E-state index in [2.05, 4.69) is 11.4 Å². The van der Waals surface area contributed by atoms with Gasteiger partial charge in [-0.25, -0.2) is 0 Å². The smallest absolute Gasteiger partial charge is 0.141 e. The molecule has 1 saturated heterocycles. The highest BCUT2D eigenvalue weighted by molar-refractivity contribution is 7.99. The van der Waals surface area contributed by atoms with E-state index >= 15 is 0 Å². The molecule has 19 heavy (non-hydrogen) atoms. The molecule has 0 aromatic heterocycles. The first kappa shape index (κ1) is 14.4. The molecule has 3 nitrogen and oxygen atoms in total. The molecule has 1 aliphatic heterocycles. The van der Waals surface area contributed by atoms with Crippen LogP contribution in [0.2, 0.25) is 0 Å². The predicted molar refractivity (Wildman–Crippen MR) is 79.1 cm³/mol. The third-order valence-electron chi connectivity index (χ3n) is 3.53. The van der Waals surface area contributed by atoms with Gasteiger partial charge in [0.1, 0.15) is 5.54 Å². The van der Waals surface area contributed by atoms with Gasteiger partial charge in [-0.15, -0.1) is 0 Å². The van der Waals surface area contributed by atoms with E-state index in [0.29, 0.717) is 6.10 Å². The summed E-state index contributed by atoms with van der Waals surface area (Å²) >= 11 is 1.79. The summed E-state index contributed by atoms with van der Waals surface area (Å²) in [5.74, 6) is 1.71. The lowest BCUT2D eigenvalue weighted by atomic mass is 9.94. The van der Waals surface area contributed by atoms with E-state index in [1.165, 1.54) is 6.42 Å². The molecule has 1 N–H and O–H groups in total. The summed E-state index contributed by atoms with van der Waals surface area (Å²) in [5.41, 5.74) is 0.421. The van der Waals surface area contributed by atoms with E-state index in [9.17, 15) is 5.26 Å². The Morgan fingerprint density at radius 3 is 2.84 bits per heavy atom. The number of nitriles is 1. The van der Waals surface area contributed by atoms with E-state index in [4.69, 9.17) is 4.74 Å². The zero-order valence-electron chi connectivity index (χ0n) is 11.3. The summed E-state index contributed by atoms with van der Waals surface area (Å²) in [6.45, 7) is 0.888. The van der Waals surface area contributed by atoms with Crippen LogP contribution in [0.4, 0.5) is 0 Å². The summed E-state index contributed by atoms with van der Waals surface area (Å²) in [5, 5.41) is 12.7. The van der Waals surface area contributed by atoms with Crippen LogP contribution in [0.25, 0.3) is 0 Å². The van der Waals surface area contributed by atoms with Gasteiger partial charge >= 0.3 is 0 Å². The molecule has 2 rings (SSSR count). The van der Waals surface area contributed by atoms with Crippen molar-refractivity contribution in [3.8, 4) is 6.07 Å². The zero-order chi connectivity index (χ0) is 13.6. The molecule has 4 heteroatoms. The van der Waals surface area contributed by atoms with Crippen LogP contribution in [-0.2, 0) is 10.3 Å². The maximum absolute atomic E-state index is 9.56. The fourth-order valence-corrected chi connectivity index (χ4v) is 3.62. The van der Waals surface area contributed by atoms with Gasteiger partial charge in [0.05, 0.1) is 12.2 Å². The van der Waals surface area contributed by atoms with E-state index < -0.39 is 5.54 Å². The van der Waals surface area contributed by atoms with Gasteiger partial charge in [-0.05, 0) is 25.5 Å².